The lowest BCUT2D eigenvalue weighted by atomic mass is 9.90. The fraction of sp³-hybridized carbons (Fsp3) is 0.391. The Morgan fingerprint density at radius 2 is 1.71 bits per heavy atom. The van der Waals surface area contributed by atoms with Crippen molar-refractivity contribution in [3.05, 3.63) is 70.8 Å². The first-order chi connectivity index (χ1) is 13.4. The summed E-state index contributed by atoms with van der Waals surface area (Å²) < 4.78 is 0. The molecule has 1 atom stereocenters. The van der Waals surface area contributed by atoms with Gasteiger partial charge in [0, 0.05) is 17.5 Å². The van der Waals surface area contributed by atoms with E-state index >= 15 is 0 Å². The fourth-order valence-corrected chi connectivity index (χ4v) is 4.59. The van der Waals surface area contributed by atoms with Crippen LogP contribution >= 0.6 is 0 Å². The molecule has 0 radical (unpaired) electrons. The topological polar surface area (TPSA) is 75.4 Å². The normalized spacial score (nSPS) is 22.0. The van der Waals surface area contributed by atoms with Crippen LogP contribution in [0.4, 0.5) is 0 Å². The summed E-state index contributed by atoms with van der Waals surface area (Å²) in [5, 5.41) is 2.95. The molecule has 2 aromatic carbocycles. The summed E-state index contributed by atoms with van der Waals surface area (Å²) in [4.78, 5) is 27.5. The number of carbonyl (C=O) groups is 2. The van der Waals surface area contributed by atoms with E-state index in [4.69, 9.17) is 5.73 Å². The molecule has 28 heavy (non-hydrogen) atoms. The molecule has 2 amide bonds. The molecule has 0 spiro atoms. The lowest BCUT2D eigenvalue weighted by Gasteiger charge is -2.28. The third kappa shape index (κ3) is 3.10. The molecule has 2 aliphatic rings. The molecule has 5 nitrogen and oxygen atoms in total. The number of hydrogen-bond donors (Lipinski definition) is 2. The lowest BCUT2D eigenvalue weighted by Crippen LogP contribution is -2.53. The van der Waals surface area contributed by atoms with E-state index in [2.05, 4.69) is 24.3 Å². The minimum absolute atomic E-state index is 0.220. The molecule has 0 heterocycles. The Bertz CT molecular complexity index is 916. The molecule has 5 heteroatoms. The number of likely N-dealkylation sites (N-methyl/N-ethyl adjacent to an activating group) is 1. The summed E-state index contributed by atoms with van der Waals surface area (Å²) in [5.41, 5.74) is 8.54. The van der Waals surface area contributed by atoms with Gasteiger partial charge in [-0.25, -0.2) is 0 Å². The van der Waals surface area contributed by atoms with Gasteiger partial charge in [0.15, 0.2) is 0 Å². The maximum absolute atomic E-state index is 12.9. The highest BCUT2D eigenvalue weighted by atomic mass is 16.2. The molecule has 0 aliphatic heterocycles. The van der Waals surface area contributed by atoms with Crippen molar-refractivity contribution in [3.63, 3.8) is 0 Å². The van der Waals surface area contributed by atoms with Gasteiger partial charge in [0.25, 0.3) is 5.91 Å². The van der Waals surface area contributed by atoms with Crippen LogP contribution in [0.3, 0.4) is 0 Å². The Morgan fingerprint density at radius 3 is 2.32 bits per heavy atom. The van der Waals surface area contributed by atoms with Gasteiger partial charge in [-0.2, -0.15) is 0 Å². The third-order valence-electron chi connectivity index (χ3n) is 6.23. The standard InChI is InChI=1S/C23H27N3O2/c1-26(2)15-22(13-14-22)18-9-7-17(8-10-18)20(27)25-23(21(24)28)12-11-16-5-3-4-6-19(16)23/h3-10H,11-15H2,1-2H3,(H2,24,28)(H,25,27). The average molecular weight is 377 g/mol. The maximum Gasteiger partial charge on any atom is 0.252 e. The van der Waals surface area contributed by atoms with Gasteiger partial charge in [-0.05, 0) is 68.6 Å². The van der Waals surface area contributed by atoms with Crippen LogP contribution in [0.5, 0.6) is 0 Å². The molecular formula is C23H27N3O2. The number of primary amides is 1. The quantitative estimate of drug-likeness (QED) is 0.811. The fourth-order valence-electron chi connectivity index (χ4n) is 4.59. The SMILES string of the molecule is CN(C)CC1(c2ccc(C(=O)NC3(C(N)=O)CCc4ccccc43)cc2)CC1. The Morgan fingerprint density at radius 1 is 1.04 bits per heavy atom. The first-order valence-electron chi connectivity index (χ1n) is 9.82. The zero-order valence-electron chi connectivity index (χ0n) is 16.5. The maximum atomic E-state index is 12.9. The van der Waals surface area contributed by atoms with E-state index in [1.807, 2.05) is 48.5 Å². The number of nitrogens with zero attached hydrogens (tertiary/aromatic N) is 1. The summed E-state index contributed by atoms with van der Waals surface area (Å²) in [7, 11) is 4.18. The molecule has 4 rings (SSSR count). The molecule has 146 valence electrons. The van der Waals surface area contributed by atoms with E-state index in [-0.39, 0.29) is 11.3 Å². The van der Waals surface area contributed by atoms with Crippen LogP contribution in [-0.4, -0.2) is 37.4 Å². The van der Waals surface area contributed by atoms with E-state index in [1.165, 1.54) is 18.4 Å². The van der Waals surface area contributed by atoms with Crippen molar-refractivity contribution in [1.29, 1.82) is 0 Å². The molecule has 2 aromatic rings. The van der Waals surface area contributed by atoms with Gasteiger partial charge in [-0.1, -0.05) is 36.4 Å². The van der Waals surface area contributed by atoms with Gasteiger partial charge < -0.3 is 16.0 Å². The van der Waals surface area contributed by atoms with Gasteiger partial charge >= 0.3 is 0 Å². The Labute approximate surface area is 165 Å². The highest BCUT2D eigenvalue weighted by Gasteiger charge is 2.46. The van der Waals surface area contributed by atoms with Crippen molar-refractivity contribution in [2.45, 2.75) is 36.6 Å². The molecule has 0 bridgehead atoms. The van der Waals surface area contributed by atoms with Crippen molar-refractivity contribution < 1.29 is 9.59 Å². The van der Waals surface area contributed by atoms with Crippen LogP contribution in [-0.2, 0) is 22.2 Å². The van der Waals surface area contributed by atoms with Crippen molar-refractivity contribution >= 4 is 11.8 Å². The summed E-state index contributed by atoms with van der Waals surface area (Å²) >= 11 is 0. The first kappa shape index (κ1) is 18.7. The van der Waals surface area contributed by atoms with Gasteiger partial charge in [0.05, 0.1) is 0 Å². The minimum atomic E-state index is -1.13. The Kier molecular flexibility index (Phi) is 4.50. The van der Waals surface area contributed by atoms with Gasteiger partial charge in [0.1, 0.15) is 5.54 Å². The predicted octanol–water partition coefficient (Wildman–Crippen LogP) is 2.34. The van der Waals surface area contributed by atoms with Gasteiger partial charge in [0.2, 0.25) is 5.91 Å². The number of aryl methyl sites for hydroxylation is 1. The number of hydrogen-bond acceptors (Lipinski definition) is 3. The highest BCUT2D eigenvalue weighted by Crippen LogP contribution is 2.48. The second-order valence-electron chi connectivity index (χ2n) is 8.48. The number of carbonyl (C=O) groups excluding carboxylic acids is 2. The molecule has 3 N–H and O–H groups in total. The Hall–Kier alpha value is -2.66. The van der Waals surface area contributed by atoms with Crippen molar-refractivity contribution in [2.24, 2.45) is 5.73 Å². The number of benzene rings is 2. The van der Waals surface area contributed by atoms with Gasteiger partial charge in [-0.3, -0.25) is 9.59 Å². The van der Waals surface area contributed by atoms with Crippen molar-refractivity contribution in [2.75, 3.05) is 20.6 Å². The number of rotatable bonds is 6. The summed E-state index contributed by atoms with van der Waals surface area (Å²) in [5.74, 6) is -0.773. The average Bonchev–Trinajstić information content (AvgIpc) is 3.35. The van der Waals surface area contributed by atoms with Crippen LogP contribution < -0.4 is 11.1 Å². The second kappa shape index (κ2) is 6.74. The number of nitrogens with one attached hydrogen (secondary N) is 1. The number of nitrogens with two attached hydrogens (primary N) is 1. The molecule has 1 saturated carbocycles. The van der Waals surface area contributed by atoms with Crippen LogP contribution in [0, 0.1) is 0 Å². The zero-order valence-corrected chi connectivity index (χ0v) is 16.5. The van der Waals surface area contributed by atoms with Crippen LogP contribution in [0.2, 0.25) is 0 Å². The smallest absolute Gasteiger partial charge is 0.252 e. The van der Waals surface area contributed by atoms with Gasteiger partial charge in [-0.15, -0.1) is 0 Å². The van der Waals surface area contributed by atoms with Crippen LogP contribution in [0.25, 0.3) is 0 Å². The van der Waals surface area contributed by atoms with E-state index < -0.39 is 11.4 Å². The van der Waals surface area contributed by atoms with E-state index in [1.54, 1.807) is 0 Å². The zero-order chi connectivity index (χ0) is 19.9. The first-order valence-corrected chi connectivity index (χ1v) is 9.82. The summed E-state index contributed by atoms with van der Waals surface area (Å²) in [6.45, 7) is 1.01. The summed E-state index contributed by atoms with van der Waals surface area (Å²) in [6.07, 6.45) is 3.58. The molecule has 2 aliphatic carbocycles. The van der Waals surface area contributed by atoms with Crippen LogP contribution in [0.1, 0.15) is 46.3 Å². The minimum Gasteiger partial charge on any atom is -0.367 e. The highest BCUT2D eigenvalue weighted by molar-refractivity contribution is 5.99. The van der Waals surface area contributed by atoms with E-state index in [0.29, 0.717) is 12.0 Å². The third-order valence-corrected chi connectivity index (χ3v) is 6.23. The molecular weight excluding hydrogens is 350 g/mol. The van der Waals surface area contributed by atoms with Crippen molar-refractivity contribution in [3.8, 4) is 0 Å². The molecule has 0 aromatic heterocycles. The molecule has 0 saturated heterocycles. The van der Waals surface area contributed by atoms with Crippen molar-refractivity contribution in [1.82, 2.24) is 10.2 Å². The van der Waals surface area contributed by atoms with E-state index in [0.717, 1.165) is 24.1 Å². The monoisotopic (exact) mass is 377 g/mol. The van der Waals surface area contributed by atoms with E-state index in [9.17, 15) is 9.59 Å². The lowest BCUT2D eigenvalue weighted by molar-refractivity contribution is -0.124. The van der Waals surface area contributed by atoms with Crippen LogP contribution in [0.15, 0.2) is 48.5 Å². The number of amides is 2. The molecule has 1 fully saturated rings. The summed E-state index contributed by atoms with van der Waals surface area (Å²) in [6, 6.07) is 15.5. The molecule has 1 unspecified atom stereocenters. The second-order valence-corrected chi connectivity index (χ2v) is 8.48. The number of fused-ring (bicyclic) bond motifs is 1. The Balaban J connectivity index is 1.56. The predicted molar refractivity (Wildman–Crippen MR) is 109 cm³/mol. The largest absolute Gasteiger partial charge is 0.367 e.